The smallest absolute Gasteiger partial charge is 0.265 e. The second-order valence-corrected chi connectivity index (χ2v) is 8.63. The van der Waals surface area contributed by atoms with E-state index in [1.165, 1.54) is 0 Å². The Bertz CT molecular complexity index is 1240. The van der Waals surface area contributed by atoms with Crippen LogP contribution in [0.2, 0.25) is 0 Å². The van der Waals surface area contributed by atoms with Crippen LogP contribution in [0.3, 0.4) is 0 Å². The molecule has 3 aromatic carbocycles. The number of Topliss-reactive ketones (excluding diaryl/α,β-unsaturated/α-hetero) is 1. The van der Waals surface area contributed by atoms with Gasteiger partial charge in [0.05, 0.1) is 24.8 Å². The Kier molecular flexibility index (Phi) is 4.98. The van der Waals surface area contributed by atoms with Crippen LogP contribution in [0.5, 0.6) is 5.75 Å². The van der Waals surface area contributed by atoms with Gasteiger partial charge in [-0.2, -0.15) is 0 Å². The molecule has 0 aliphatic carbocycles. The number of carbonyl (C=O) groups is 2. The molecule has 1 amide bonds. The molecule has 2 atom stereocenters. The van der Waals surface area contributed by atoms with Gasteiger partial charge in [-0.3, -0.25) is 14.5 Å². The van der Waals surface area contributed by atoms with E-state index in [2.05, 4.69) is 5.32 Å². The van der Waals surface area contributed by atoms with Crippen molar-refractivity contribution < 1.29 is 19.4 Å². The second kappa shape index (κ2) is 7.74. The van der Waals surface area contributed by atoms with Crippen molar-refractivity contribution in [3.05, 3.63) is 89.5 Å². The molecular formula is C27H26N2O4. The molecule has 33 heavy (non-hydrogen) atoms. The number of nitrogens with zero attached hydrogens (tertiary/aromatic N) is 1. The molecule has 0 spiro atoms. The van der Waals surface area contributed by atoms with Gasteiger partial charge in [0.1, 0.15) is 5.75 Å². The highest BCUT2D eigenvalue weighted by atomic mass is 16.5. The molecule has 0 radical (unpaired) electrons. The van der Waals surface area contributed by atoms with Gasteiger partial charge in [-0.1, -0.05) is 43.3 Å². The number of ketones is 1. The van der Waals surface area contributed by atoms with Crippen molar-refractivity contribution in [1.29, 1.82) is 0 Å². The van der Waals surface area contributed by atoms with E-state index < -0.39 is 17.0 Å². The van der Waals surface area contributed by atoms with Crippen molar-refractivity contribution in [3.8, 4) is 5.75 Å². The summed E-state index contributed by atoms with van der Waals surface area (Å²) in [5, 5.41) is 15.2. The number of para-hydroxylation sites is 2. The number of nitrogens with one attached hydrogen (secondary N) is 1. The maximum absolute atomic E-state index is 14.0. The average molecular weight is 443 g/mol. The van der Waals surface area contributed by atoms with E-state index in [0.717, 1.165) is 11.3 Å². The number of carbonyl (C=O) groups excluding carboxylic acids is 2. The highest BCUT2D eigenvalue weighted by molar-refractivity contribution is 6.12. The van der Waals surface area contributed by atoms with E-state index in [9.17, 15) is 14.7 Å². The molecule has 5 rings (SSSR count). The minimum absolute atomic E-state index is 0.305. The molecule has 0 fully saturated rings. The lowest BCUT2D eigenvalue weighted by Gasteiger charge is -2.39. The molecule has 168 valence electrons. The maximum Gasteiger partial charge on any atom is 0.265 e. The van der Waals surface area contributed by atoms with Crippen LogP contribution in [-0.2, 0) is 15.9 Å². The fraction of sp³-hybridized carbons (Fsp3) is 0.259. The number of hydrogen-bond donors (Lipinski definition) is 2. The van der Waals surface area contributed by atoms with Gasteiger partial charge in [-0.05, 0) is 42.8 Å². The van der Waals surface area contributed by atoms with Crippen molar-refractivity contribution in [2.24, 2.45) is 0 Å². The molecule has 2 unspecified atom stereocenters. The van der Waals surface area contributed by atoms with Crippen LogP contribution in [0.25, 0.3) is 0 Å². The normalized spacial score (nSPS) is 23.1. The van der Waals surface area contributed by atoms with Gasteiger partial charge in [-0.15, -0.1) is 0 Å². The molecule has 2 aliphatic rings. The summed E-state index contributed by atoms with van der Waals surface area (Å²) in [6, 6.07) is 21.9. The monoisotopic (exact) mass is 442 g/mol. The SMILES string of the molecule is CCC1(N2C(=O)C(O)(CC(=O)c3ccc(OC)cc3)c3ccccc32)CNc2ccccc21. The summed E-state index contributed by atoms with van der Waals surface area (Å²) in [6.45, 7) is 2.57. The van der Waals surface area contributed by atoms with E-state index in [-0.39, 0.29) is 12.2 Å². The van der Waals surface area contributed by atoms with Crippen LogP contribution in [0.1, 0.15) is 41.3 Å². The topological polar surface area (TPSA) is 78.9 Å². The summed E-state index contributed by atoms with van der Waals surface area (Å²) in [6.07, 6.45) is 0.320. The first-order chi connectivity index (χ1) is 15.9. The Balaban J connectivity index is 1.57. The largest absolute Gasteiger partial charge is 0.497 e. The molecule has 2 heterocycles. The first-order valence-electron chi connectivity index (χ1n) is 11.1. The van der Waals surface area contributed by atoms with Crippen LogP contribution in [0.15, 0.2) is 72.8 Å². The zero-order valence-corrected chi connectivity index (χ0v) is 18.7. The average Bonchev–Trinajstić information content (AvgIpc) is 3.33. The molecule has 0 saturated heterocycles. The van der Waals surface area contributed by atoms with Crippen molar-refractivity contribution in [2.45, 2.75) is 30.9 Å². The van der Waals surface area contributed by atoms with Gasteiger partial charge in [-0.25, -0.2) is 0 Å². The van der Waals surface area contributed by atoms with E-state index in [4.69, 9.17) is 4.74 Å². The van der Waals surface area contributed by atoms with E-state index in [1.54, 1.807) is 48.4 Å². The Morgan fingerprint density at radius 1 is 1.03 bits per heavy atom. The molecule has 2 aliphatic heterocycles. The number of aliphatic hydroxyl groups is 1. The van der Waals surface area contributed by atoms with Gasteiger partial charge in [0.15, 0.2) is 11.4 Å². The molecule has 6 heteroatoms. The molecule has 0 bridgehead atoms. The summed E-state index contributed by atoms with van der Waals surface area (Å²) >= 11 is 0. The van der Waals surface area contributed by atoms with Crippen molar-refractivity contribution in [2.75, 3.05) is 23.9 Å². The predicted molar refractivity (Wildman–Crippen MR) is 127 cm³/mol. The Morgan fingerprint density at radius 2 is 1.70 bits per heavy atom. The molecule has 3 aromatic rings. The summed E-state index contributed by atoms with van der Waals surface area (Å²) in [5.74, 6) is -0.137. The van der Waals surface area contributed by atoms with Crippen molar-refractivity contribution >= 4 is 23.1 Å². The number of rotatable bonds is 6. The molecular weight excluding hydrogens is 416 g/mol. The van der Waals surface area contributed by atoms with E-state index in [0.29, 0.717) is 35.5 Å². The predicted octanol–water partition coefficient (Wildman–Crippen LogP) is 4.23. The highest BCUT2D eigenvalue weighted by Crippen LogP contribution is 2.52. The number of fused-ring (bicyclic) bond motifs is 2. The summed E-state index contributed by atoms with van der Waals surface area (Å²) < 4.78 is 5.16. The first kappa shape index (κ1) is 21.2. The van der Waals surface area contributed by atoms with Crippen LogP contribution >= 0.6 is 0 Å². The fourth-order valence-electron chi connectivity index (χ4n) is 5.19. The van der Waals surface area contributed by atoms with Crippen LogP contribution < -0.4 is 15.0 Å². The van der Waals surface area contributed by atoms with Gasteiger partial charge in [0, 0.05) is 28.9 Å². The van der Waals surface area contributed by atoms with E-state index >= 15 is 0 Å². The van der Waals surface area contributed by atoms with Crippen molar-refractivity contribution in [1.82, 2.24) is 0 Å². The Morgan fingerprint density at radius 3 is 2.39 bits per heavy atom. The molecule has 2 N–H and O–H groups in total. The minimum atomic E-state index is -1.94. The van der Waals surface area contributed by atoms with Crippen LogP contribution in [0, 0.1) is 0 Å². The third kappa shape index (κ3) is 3.05. The van der Waals surface area contributed by atoms with Crippen LogP contribution in [0.4, 0.5) is 11.4 Å². The zero-order chi connectivity index (χ0) is 23.2. The third-order valence-electron chi connectivity index (χ3n) is 6.99. The minimum Gasteiger partial charge on any atom is -0.497 e. The molecule has 6 nitrogen and oxygen atoms in total. The first-order valence-corrected chi connectivity index (χ1v) is 11.1. The summed E-state index contributed by atoms with van der Waals surface area (Å²) in [5.41, 5.74) is 0.939. The van der Waals surface area contributed by atoms with Crippen LogP contribution in [-0.4, -0.2) is 30.5 Å². The third-order valence-corrected chi connectivity index (χ3v) is 6.99. The number of benzene rings is 3. The van der Waals surface area contributed by atoms with Gasteiger partial charge in [0.25, 0.3) is 5.91 Å². The second-order valence-electron chi connectivity index (χ2n) is 8.63. The molecule has 0 saturated carbocycles. The number of ether oxygens (including phenoxy) is 1. The summed E-state index contributed by atoms with van der Waals surface area (Å²) in [4.78, 5) is 28.9. The number of anilines is 2. The van der Waals surface area contributed by atoms with Crippen molar-refractivity contribution in [3.63, 3.8) is 0 Å². The fourth-order valence-corrected chi connectivity index (χ4v) is 5.19. The number of hydrogen-bond acceptors (Lipinski definition) is 5. The quantitative estimate of drug-likeness (QED) is 0.559. The van der Waals surface area contributed by atoms with Gasteiger partial charge < -0.3 is 15.2 Å². The van der Waals surface area contributed by atoms with Gasteiger partial charge >= 0.3 is 0 Å². The highest BCUT2D eigenvalue weighted by Gasteiger charge is 2.58. The Labute approximate surface area is 192 Å². The lowest BCUT2D eigenvalue weighted by atomic mass is 9.86. The van der Waals surface area contributed by atoms with E-state index in [1.807, 2.05) is 43.3 Å². The van der Waals surface area contributed by atoms with Gasteiger partial charge in [0.2, 0.25) is 0 Å². The standard InChI is InChI=1S/C27H26N2O4/c1-3-26(17-28-22-10-6-4-8-20(22)26)29-23-11-7-5-9-21(23)27(32,25(29)31)16-24(30)18-12-14-19(33-2)15-13-18/h4-15,28,32H,3,16-17H2,1-2H3. The molecule has 0 aromatic heterocycles. The lowest BCUT2D eigenvalue weighted by molar-refractivity contribution is -0.137. The Hall–Kier alpha value is -3.64. The summed E-state index contributed by atoms with van der Waals surface area (Å²) in [7, 11) is 1.56. The number of amides is 1. The zero-order valence-electron chi connectivity index (χ0n) is 18.7. The maximum atomic E-state index is 14.0. The lowest BCUT2D eigenvalue weighted by Crippen LogP contribution is -2.53. The number of methoxy groups -OCH3 is 1.